The first-order valence-electron chi connectivity index (χ1n) is 6.00. The molecular weight excluding hydrogens is 200 g/mol. The van der Waals surface area contributed by atoms with Crippen LogP contribution in [0.4, 0.5) is 0 Å². The first kappa shape index (κ1) is 11.2. The summed E-state index contributed by atoms with van der Waals surface area (Å²) in [6, 6.07) is 5.81. The lowest BCUT2D eigenvalue weighted by Crippen LogP contribution is -2.09. The van der Waals surface area contributed by atoms with Gasteiger partial charge in [-0.2, -0.15) is 0 Å². The van der Waals surface area contributed by atoms with E-state index in [0.717, 1.165) is 36.1 Å². The Morgan fingerprint density at radius 2 is 1.94 bits per heavy atom. The van der Waals surface area contributed by atoms with E-state index >= 15 is 0 Å². The fraction of sp³-hybridized carbons (Fsp3) is 0.500. The Morgan fingerprint density at radius 3 is 2.69 bits per heavy atom. The highest BCUT2D eigenvalue weighted by atomic mass is 16.5. The summed E-state index contributed by atoms with van der Waals surface area (Å²) in [6.45, 7) is 4.02. The third-order valence-corrected chi connectivity index (χ3v) is 2.88. The summed E-state index contributed by atoms with van der Waals surface area (Å²) in [5, 5.41) is 0. The smallest absolute Gasteiger partial charge is 0.163 e. The van der Waals surface area contributed by atoms with Crippen LogP contribution >= 0.6 is 0 Å². The second-order valence-corrected chi connectivity index (χ2v) is 4.58. The van der Waals surface area contributed by atoms with E-state index in [0.29, 0.717) is 6.42 Å². The Balaban J connectivity index is 2.40. The molecule has 0 amide bonds. The van der Waals surface area contributed by atoms with Crippen molar-refractivity contribution in [3.63, 3.8) is 0 Å². The molecule has 0 spiro atoms. The van der Waals surface area contributed by atoms with E-state index < -0.39 is 0 Å². The average Bonchev–Trinajstić information content (AvgIpc) is 2.41. The van der Waals surface area contributed by atoms with Crippen molar-refractivity contribution < 1.29 is 9.53 Å². The number of hydrogen-bond acceptors (Lipinski definition) is 2. The minimum absolute atomic E-state index is 0.157. The molecule has 1 aromatic rings. The van der Waals surface area contributed by atoms with Crippen LogP contribution in [0.5, 0.6) is 5.75 Å². The van der Waals surface area contributed by atoms with Gasteiger partial charge in [0.2, 0.25) is 0 Å². The van der Waals surface area contributed by atoms with Crippen LogP contribution < -0.4 is 4.74 Å². The Bertz CT molecular complexity index is 394. The number of rotatable bonds is 2. The van der Waals surface area contributed by atoms with Crippen molar-refractivity contribution in [3.8, 4) is 5.75 Å². The third kappa shape index (κ3) is 2.26. The number of carbonyl (C=O) groups excluding carboxylic acids is 1. The highest BCUT2D eigenvalue weighted by Gasteiger charge is 2.18. The van der Waals surface area contributed by atoms with Crippen molar-refractivity contribution >= 4 is 5.78 Å². The Kier molecular flexibility index (Phi) is 3.28. The molecule has 0 radical (unpaired) electrons. The summed E-state index contributed by atoms with van der Waals surface area (Å²) in [6.07, 6.45) is 3.87. The number of carbonyl (C=O) groups is 1. The van der Waals surface area contributed by atoms with E-state index in [1.165, 1.54) is 0 Å². The summed E-state index contributed by atoms with van der Waals surface area (Å²) in [4.78, 5) is 11.9. The molecule has 0 N–H and O–H groups in total. The number of Topliss-reactive ketones (excluding diaryl/α,β-unsaturated/α-hetero) is 1. The molecule has 2 heteroatoms. The largest absolute Gasteiger partial charge is 0.491 e. The Labute approximate surface area is 96.6 Å². The van der Waals surface area contributed by atoms with Crippen LogP contribution in [-0.2, 0) is 6.42 Å². The highest BCUT2D eigenvalue weighted by molar-refractivity contribution is 5.98. The van der Waals surface area contributed by atoms with Crippen LogP contribution in [0.3, 0.4) is 0 Å². The van der Waals surface area contributed by atoms with Crippen molar-refractivity contribution in [2.45, 2.75) is 45.6 Å². The minimum Gasteiger partial charge on any atom is -0.491 e. The maximum atomic E-state index is 11.9. The summed E-state index contributed by atoms with van der Waals surface area (Å²) >= 11 is 0. The molecule has 0 heterocycles. The number of ketones is 1. The minimum atomic E-state index is 0.157. The maximum absolute atomic E-state index is 11.9. The summed E-state index contributed by atoms with van der Waals surface area (Å²) in [5.41, 5.74) is 1.98. The van der Waals surface area contributed by atoms with Crippen LogP contribution in [0.2, 0.25) is 0 Å². The average molecular weight is 218 g/mol. The molecule has 1 aliphatic rings. The summed E-state index contributed by atoms with van der Waals surface area (Å²) in [7, 11) is 0. The van der Waals surface area contributed by atoms with Crippen LogP contribution in [0.1, 0.15) is 49.0 Å². The molecule has 0 bridgehead atoms. The van der Waals surface area contributed by atoms with Gasteiger partial charge in [-0.3, -0.25) is 4.79 Å². The lowest BCUT2D eigenvalue weighted by Gasteiger charge is -2.15. The molecule has 2 rings (SSSR count). The normalized spacial score (nSPS) is 15.8. The quantitative estimate of drug-likeness (QED) is 0.711. The highest BCUT2D eigenvalue weighted by Crippen LogP contribution is 2.29. The van der Waals surface area contributed by atoms with Crippen molar-refractivity contribution in [1.82, 2.24) is 0 Å². The van der Waals surface area contributed by atoms with Gasteiger partial charge >= 0.3 is 0 Å². The second-order valence-electron chi connectivity index (χ2n) is 4.58. The van der Waals surface area contributed by atoms with Crippen LogP contribution in [0.25, 0.3) is 0 Å². The van der Waals surface area contributed by atoms with E-state index in [-0.39, 0.29) is 11.9 Å². The van der Waals surface area contributed by atoms with Gasteiger partial charge in [0.05, 0.1) is 6.10 Å². The zero-order valence-corrected chi connectivity index (χ0v) is 9.95. The van der Waals surface area contributed by atoms with Gasteiger partial charge in [0.15, 0.2) is 5.78 Å². The zero-order valence-electron chi connectivity index (χ0n) is 9.95. The van der Waals surface area contributed by atoms with E-state index in [1.54, 1.807) is 0 Å². The van der Waals surface area contributed by atoms with Gasteiger partial charge in [0.25, 0.3) is 0 Å². The first-order chi connectivity index (χ1) is 7.68. The van der Waals surface area contributed by atoms with E-state index in [9.17, 15) is 4.79 Å². The Hall–Kier alpha value is -1.31. The summed E-state index contributed by atoms with van der Waals surface area (Å²) in [5.74, 6) is 1.16. The SMILES string of the molecule is CC(C)Oc1cccc2c1CCCCC2=O. The molecule has 1 aromatic carbocycles. The molecular formula is C14H18O2. The van der Waals surface area contributed by atoms with Gasteiger partial charge in [-0.1, -0.05) is 12.1 Å². The monoisotopic (exact) mass is 218 g/mol. The molecule has 2 nitrogen and oxygen atoms in total. The molecule has 0 aliphatic heterocycles. The molecule has 0 unspecified atom stereocenters. The first-order valence-corrected chi connectivity index (χ1v) is 6.00. The van der Waals surface area contributed by atoms with Gasteiger partial charge in [-0.15, -0.1) is 0 Å². The van der Waals surface area contributed by atoms with E-state index in [1.807, 2.05) is 32.0 Å². The van der Waals surface area contributed by atoms with Gasteiger partial charge in [0, 0.05) is 17.5 Å². The molecule has 0 atom stereocenters. The van der Waals surface area contributed by atoms with Crippen LogP contribution in [0.15, 0.2) is 18.2 Å². The Morgan fingerprint density at radius 1 is 1.19 bits per heavy atom. The van der Waals surface area contributed by atoms with Gasteiger partial charge in [-0.05, 0) is 39.2 Å². The van der Waals surface area contributed by atoms with Crippen molar-refractivity contribution in [2.75, 3.05) is 0 Å². The van der Waals surface area contributed by atoms with Crippen molar-refractivity contribution in [2.24, 2.45) is 0 Å². The molecule has 0 saturated heterocycles. The lowest BCUT2D eigenvalue weighted by atomic mass is 10.0. The fourth-order valence-corrected chi connectivity index (χ4v) is 2.17. The van der Waals surface area contributed by atoms with Gasteiger partial charge in [0.1, 0.15) is 5.75 Å². The number of benzene rings is 1. The second kappa shape index (κ2) is 4.69. The molecule has 0 fully saturated rings. The standard InChI is InChI=1S/C14H18O2/c1-10(2)16-14-9-5-7-11-12(14)6-3-4-8-13(11)15/h5,7,9-10H,3-4,6,8H2,1-2H3. The zero-order chi connectivity index (χ0) is 11.5. The van der Waals surface area contributed by atoms with Crippen LogP contribution in [0, 0.1) is 0 Å². The third-order valence-electron chi connectivity index (χ3n) is 2.88. The maximum Gasteiger partial charge on any atom is 0.163 e. The summed E-state index contributed by atoms with van der Waals surface area (Å²) < 4.78 is 5.76. The topological polar surface area (TPSA) is 26.3 Å². The van der Waals surface area contributed by atoms with E-state index in [4.69, 9.17) is 4.74 Å². The predicted molar refractivity (Wildman–Crippen MR) is 64.1 cm³/mol. The number of ether oxygens (including phenoxy) is 1. The predicted octanol–water partition coefficient (Wildman–Crippen LogP) is 3.38. The number of hydrogen-bond donors (Lipinski definition) is 0. The molecule has 86 valence electrons. The van der Waals surface area contributed by atoms with Gasteiger partial charge in [-0.25, -0.2) is 0 Å². The molecule has 16 heavy (non-hydrogen) atoms. The van der Waals surface area contributed by atoms with Gasteiger partial charge < -0.3 is 4.74 Å². The molecule has 1 aliphatic carbocycles. The molecule has 0 saturated carbocycles. The van der Waals surface area contributed by atoms with Crippen LogP contribution in [-0.4, -0.2) is 11.9 Å². The van der Waals surface area contributed by atoms with Crippen molar-refractivity contribution in [3.05, 3.63) is 29.3 Å². The lowest BCUT2D eigenvalue weighted by molar-refractivity contribution is 0.0981. The molecule has 0 aromatic heterocycles. The van der Waals surface area contributed by atoms with Crippen molar-refractivity contribution in [1.29, 1.82) is 0 Å². The fourth-order valence-electron chi connectivity index (χ4n) is 2.17. The van der Waals surface area contributed by atoms with E-state index in [2.05, 4.69) is 0 Å². The number of fused-ring (bicyclic) bond motifs is 1.